The van der Waals surface area contributed by atoms with Crippen LogP contribution in [0.4, 0.5) is 10.1 Å². The van der Waals surface area contributed by atoms with Crippen LogP contribution in [0.3, 0.4) is 0 Å². The van der Waals surface area contributed by atoms with Crippen molar-refractivity contribution in [2.75, 3.05) is 11.9 Å². The lowest BCUT2D eigenvalue weighted by Gasteiger charge is -2.17. The Bertz CT molecular complexity index is 1640. The Morgan fingerprint density at radius 3 is 2.54 bits per heavy atom. The maximum absolute atomic E-state index is 13.9. The molecule has 0 radical (unpaired) electrons. The van der Waals surface area contributed by atoms with E-state index in [9.17, 15) is 18.8 Å². The Kier molecular flexibility index (Phi) is 7.09. The van der Waals surface area contributed by atoms with E-state index in [2.05, 4.69) is 15.6 Å². The van der Waals surface area contributed by atoms with E-state index in [0.717, 1.165) is 11.3 Å². The minimum atomic E-state index is -0.633. The number of rotatable bonds is 6. The van der Waals surface area contributed by atoms with Crippen molar-refractivity contribution in [3.8, 4) is 35.0 Å². The molecular weight excluding hydrogens is 495 g/mol. The number of hydrogen-bond acceptors (Lipinski definition) is 6. The topological polar surface area (TPSA) is 102 Å². The number of ether oxygens (including phenoxy) is 1. The number of terminal acetylenes is 1. The van der Waals surface area contributed by atoms with E-state index in [-0.39, 0.29) is 27.8 Å². The predicted molar refractivity (Wildman–Crippen MR) is 142 cm³/mol. The second-order valence-electron chi connectivity index (χ2n) is 8.30. The minimum Gasteiger partial charge on any atom is -0.456 e. The van der Waals surface area contributed by atoms with Gasteiger partial charge in [-0.1, -0.05) is 0 Å². The molecule has 2 N–H and O–H groups in total. The number of thiazole rings is 1. The normalized spacial score (nSPS) is 10.7. The lowest BCUT2D eigenvalue weighted by atomic mass is 10.0. The van der Waals surface area contributed by atoms with Crippen LogP contribution in [-0.2, 0) is 11.8 Å². The zero-order chi connectivity index (χ0) is 26.9. The summed E-state index contributed by atoms with van der Waals surface area (Å²) in [5.41, 5.74) is 2.40. The van der Waals surface area contributed by atoms with Gasteiger partial charge in [0.1, 0.15) is 22.8 Å². The third-order valence-electron chi connectivity index (χ3n) is 5.54. The highest BCUT2D eigenvalue weighted by atomic mass is 32.1. The number of pyridine rings is 1. The van der Waals surface area contributed by atoms with Crippen LogP contribution >= 0.6 is 11.3 Å². The molecule has 0 aliphatic rings. The Labute approximate surface area is 216 Å². The van der Waals surface area contributed by atoms with E-state index in [1.165, 1.54) is 16.7 Å². The van der Waals surface area contributed by atoms with Crippen molar-refractivity contribution in [3.05, 3.63) is 68.8 Å². The lowest BCUT2D eigenvalue weighted by Crippen LogP contribution is -2.22. The molecule has 37 heavy (non-hydrogen) atoms. The first-order valence-corrected chi connectivity index (χ1v) is 12.1. The molecule has 4 aromatic rings. The molecule has 0 atom stereocenters. The third kappa shape index (κ3) is 5.08. The van der Waals surface area contributed by atoms with Crippen LogP contribution in [0.15, 0.2) is 41.3 Å². The number of benzene rings is 2. The Hall–Kier alpha value is -4.49. The number of aromatic nitrogens is 2. The SMILES string of the molecule is C#CC(=O)Nc1ccc(Oc2c(C)cc(F)cc2C)c(-c2cn(C)c(=O)c3nc(C(=O)NCC)sc23)c1. The van der Waals surface area contributed by atoms with E-state index < -0.39 is 5.91 Å². The number of amides is 2. The molecule has 2 amide bonds. The number of fused-ring (bicyclic) bond motifs is 1. The summed E-state index contributed by atoms with van der Waals surface area (Å²) >= 11 is 1.08. The Morgan fingerprint density at radius 1 is 1.19 bits per heavy atom. The number of carbonyl (C=O) groups excluding carboxylic acids is 2. The summed E-state index contributed by atoms with van der Waals surface area (Å²) in [6.45, 7) is 5.66. The van der Waals surface area contributed by atoms with Crippen molar-refractivity contribution in [2.45, 2.75) is 20.8 Å². The standard InChI is InChI=1S/C27H23FN4O4S/c1-6-21(33)30-17-8-9-20(36-23-14(3)10-16(28)11-15(23)4)18(12-17)19-13-32(5)27(35)22-24(19)37-26(31-22)25(34)29-7-2/h1,8-13H,7H2,2-5H3,(H,29,34)(H,30,33). The summed E-state index contributed by atoms with van der Waals surface area (Å²) in [4.78, 5) is 41.5. The van der Waals surface area contributed by atoms with Crippen molar-refractivity contribution in [1.82, 2.24) is 14.9 Å². The Balaban J connectivity index is 1.97. The summed E-state index contributed by atoms with van der Waals surface area (Å²) in [6, 6.07) is 7.66. The van der Waals surface area contributed by atoms with E-state index in [0.29, 0.717) is 50.7 Å². The molecular formula is C27H23FN4O4S. The quantitative estimate of drug-likeness (QED) is 0.365. The van der Waals surface area contributed by atoms with Crippen molar-refractivity contribution in [1.29, 1.82) is 0 Å². The first-order valence-electron chi connectivity index (χ1n) is 11.3. The number of aryl methyl sites for hydroxylation is 3. The zero-order valence-electron chi connectivity index (χ0n) is 20.6. The van der Waals surface area contributed by atoms with E-state index >= 15 is 0 Å². The van der Waals surface area contributed by atoms with Gasteiger partial charge in [0.05, 0.1) is 4.70 Å². The second kappa shape index (κ2) is 10.2. The maximum atomic E-state index is 13.9. The number of nitrogens with one attached hydrogen (secondary N) is 2. The van der Waals surface area contributed by atoms with Gasteiger partial charge in [-0.2, -0.15) is 0 Å². The van der Waals surface area contributed by atoms with Crippen LogP contribution in [0.2, 0.25) is 0 Å². The summed E-state index contributed by atoms with van der Waals surface area (Å²) in [5.74, 6) is 1.46. The summed E-state index contributed by atoms with van der Waals surface area (Å²) in [5, 5.41) is 5.45. The lowest BCUT2D eigenvalue weighted by molar-refractivity contribution is -0.111. The van der Waals surface area contributed by atoms with Gasteiger partial charge >= 0.3 is 0 Å². The first kappa shape index (κ1) is 25.6. The largest absolute Gasteiger partial charge is 0.456 e. The smallest absolute Gasteiger partial charge is 0.300 e. The molecule has 4 rings (SSSR count). The number of nitrogens with zero attached hydrogens (tertiary/aromatic N) is 2. The molecule has 2 aromatic carbocycles. The zero-order valence-corrected chi connectivity index (χ0v) is 21.4. The highest BCUT2D eigenvalue weighted by Gasteiger charge is 2.21. The molecule has 10 heteroatoms. The molecule has 2 heterocycles. The fourth-order valence-corrected chi connectivity index (χ4v) is 4.89. The van der Waals surface area contributed by atoms with Crippen LogP contribution in [0.1, 0.15) is 27.9 Å². The van der Waals surface area contributed by atoms with Gasteiger partial charge in [0.15, 0.2) is 5.01 Å². The number of hydrogen-bond donors (Lipinski definition) is 2. The van der Waals surface area contributed by atoms with Crippen molar-refractivity contribution >= 4 is 39.1 Å². The van der Waals surface area contributed by atoms with Gasteiger partial charge in [-0.15, -0.1) is 17.8 Å². The van der Waals surface area contributed by atoms with Crippen LogP contribution in [0.25, 0.3) is 21.3 Å². The molecule has 0 saturated heterocycles. The van der Waals surface area contributed by atoms with Gasteiger partial charge in [-0.3, -0.25) is 14.4 Å². The van der Waals surface area contributed by atoms with Crippen LogP contribution in [0, 0.1) is 32.0 Å². The van der Waals surface area contributed by atoms with E-state index in [4.69, 9.17) is 11.2 Å². The highest BCUT2D eigenvalue weighted by molar-refractivity contribution is 7.20. The fourth-order valence-electron chi connectivity index (χ4n) is 3.89. The molecule has 2 aromatic heterocycles. The van der Waals surface area contributed by atoms with Crippen molar-refractivity contribution in [3.63, 3.8) is 0 Å². The number of carbonyl (C=O) groups is 2. The third-order valence-corrected chi connectivity index (χ3v) is 6.63. The molecule has 188 valence electrons. The second-order valence-corrected chi connectivity index (χ2v) is 9.29. The predicted octanol–water partition coefficient (Wildman–Crippen LogP) is 4.53. The van der Waals surface area contributed by atoms with Crippen molar-refractivity contribution in [2.24, 2.45) is 7.05 Å². The Morgan fingerprint density at radius 2 is 1.89 bits per heavy atom. The van der Waals surface area contributed by atoms with Gasteiger partial charge in [0, 0.05) is 36.6 Å². The molecule has 0 saturated carbocycles. The molecule has 8 nitrogen and oxygen atoms in total. The molecule has 0 bridgehead atoms. The number of anilines is 1. The summed E-state index contributed by atoms with van der Waals surface area (Å²) < 4.78 is 22.0. The van der Waals surface area contributed by atoms with Gasteiger partial charge in [0.25, 0.3) is 17.4 Å². The van der Waals surface area contributed by atoms with Crippen LogP contribution in [0.5, 0.6) is 11.5 Å². The fraction of sp³-hybridized carbons (Fsp3) is 0.185. The molecule has 0 aliphatic carbocycles. The number of halogens is 1. The summed E-state index contributed by atoms with van der Waals surface area (Å²) in [6.07, 6.45) is 6.83. The van der Waals surface area contributed by atoms with Crippen LogP contribution < -0.4 is 20.9 Å². The van der Waals surface area contributed by atoms with E-state index in [1.54, 1.807) is 52.2 Å². The van der Waals surface area contributed by atoms with Gasteiger partial charge < -0.3 is 19.9 Å². The maximum Gasteiger partial charge on any atom is 0.300 e. The molecule has 0 spiro atoms. The van der Waals surface area contributed by atoms with Crippen molar-refractivity contribution < 1.29 is 18.7 Å². The molecule has 0 unspecified atom stereocenters. The van der Waals surface area contributed by atoms with E-state index in [1.807, 2.05) is 5.92 Å². The average molecular weight is 519 g/mol. The van der Waals surface area contributed by atoms with Gasteiger partial charge in [0.2, 0.25) is 0 Å². The first-order chi connectivity index (χ1) is 17.6. The summed E-state index contributed by atoms with van der Waals surface area (Å²) in [7, 11) is 1.58. The molecule has 0 aliphatic heterocycles. The average Bonchev–Trinajstić information content (AvgIpc) is 3.30. The molecule has 0 fully saturated rings. The van der Waals surface area contributed by atoms with Gasteiger partial charge in [-0.05, 0) is 68.2 Å². The van der Waals surface area contributed by atoms with Gasteiger partial charge in [-0.25, -0.2) is 9.37 Å². The highest BCUT2D eigenvalue weighted by Crippen LogP contribution is 2.41. The van der Waals surface area contributed by atoms with Crippen LogP contribution in [-0.4, -0.2) is 27.9 Å². The minimum absolute atomic E-state index is 0.129. The monoisotopic (exact) mass is 518 g/mol.